The Kier molecular flexibility index (Phi) is 6.42. The number of carbonyl (C=O) groups is 1. The second kappa shape index (κ2) is 7.85. The lowest BCUT2D eigenvalue weighted by Crippen LogP contribution is -2.26. The number of hydrogen-bond donors (Lipinski definition) is 4. The van der Waals surface area contributed by atoms with Gasteiger partial charge in [0, 0.05) is 19.2 Å². The lowest BCUT2D eigenvalue weighted by atomic mass is 10.2. The summed E-state index contributed by atoms with van der Waals surface area (Å²) in [4.78, 5) is 20.3. The molecule has 0 aromatic heterocycles. The Morgan fingerprint density at radius 3 is 2.61 bits per heavy atom. The highest BCUT2D eigenvalue weighted by Crippen LogP contribution is 2.27. The van der Waals surface area contributed by atoms with Crippen LogP contribution in [0.5, 0.6) is 0 Å². The predicted octanol–water partition coefficient (Wildman–Crippen LogP) is 0.141. The Labute approximate surface area is 132 Å². The minimum Gasteiger partial charge on any atom is -0.481 e. The van der Waals surface area contributed by atoms with E-state index < -0.39 is 39.1 Å². The molecule has 1 rings (SSSR count). The van der Waals surface area contributed by atoms with Gasteiger partial charge in [-0.3, -0.25) is 14.9 Å². The predicted molar refractivity (Wildman–Crippen MR) is 80.7 cm³/mol. The molecule has 1 aromatic carbocycles. The zero-order valence-corrected chi connectivity index (χ0v) is 13.0. The first kappa shape index (κ1) is 18.8. The van der Waals surface area contributed by atoms with Crippen LogP contribution in [0.2, 0.25) is 0 Å². The quantitative estimate of drug-likeness (QED) is 0.362. The average Bonchev–Trinajstić information content (AvgIpc) is 2.44. The fraction of sp³-hybridized carbons (Fsp3) is 0.417. The van der Waals surface area contributed by atoms with E-state index in [2.05, 4.69) is 10.0 Å². The van der Waals surface area contributed by atoms with Crippen molar-refractivity contribution in [2.75, 3.05) is 18.4 Å². The molecule has 0 spiro atoms. The Bertz CT molecular complexity index is 688. The molecule has 11 heteroatoms. The summed E-state index contributed by atoms with van der Waals surface area (Å²) in [5.74, 6) is -1.17. The molecule has 0 aliphatic rings. The molecule has 0 saturated heterocycles. The second-order valence-electron chi connectivity index (χ2n) is 4.71. The van der Waals surface area contributed by atoms with Gasteiger partial charge in [-0.25, -0.2) is 13.1 Å². The summed E-state index contributed by atoms with van der Waals surface area (Å²) in [5, 5.41) is 31.4. The van der Waals surface area contributed by atoms with Crippen LogP contribution in [0, 0.1) is 10.1 Å². The van der Waals surface area contributed by atoms with Crippen LogP contribution in [0.1, 0.15) is 13.3 Å². The summed E-state index contributed by atoms with van der Waals surface area (Å²) >= 11 is 0. The molecule has 0 unspecified atom stereocenters. The monoisotopic (exact) mass is 347 g/mol. The van der Waals surface area contributed by atoms with Gasteiger partial charge in [0.15, 0.2) is 0 Å². The standard InChI is InChI=1S/C12H17N3O7S/c1-8(16)7-13-10-3-2-9(6-11(10)15(19)20)23(21,22)14-5-4-12(17)18/h2-3,6,8,13-14,16H,4-5,7H2,1H3,(H,17,18)/t8-/m1/s1. The SMILES string of the molecule is C[C@@H](O)CNc1ccc(S(=O)(=O)NCCC(=O)O)cc1[N+](=O)[O-]. The van der Waals surface area contributed by atoms with E-state index in [1.165, 1.54) is 13.0 Å². The summed E-state index contributed by atoms with van der Waals surface area (Å²) in [6, 6.07) is 3.24. The van der Waals surface area contributed by atoms with Gasteiger partial charge in [-0.1, -0.05) is 0 Å². The maximum atomic E-state index is 12.0. The Morgan fingerprint density at radius 1 is 1.43 bits per heavy atom. The first-order valence-corrected chi connectivity index (χ1v) is 8.03. The van der Waals surface area contributed by atoms with Crippen molar-refractivity contribution in [1.82, 2.24) is 4.72 Å². The number of carboxylic acid groups (broad SMARTS) is 1. The third kappa shape index (κ3) is 5.81. The number of nitrogens with zero attached hydrogens (tertiary/aromatic N) is 1. The molecule has 128 valence electrons. The number of aliphatic hydroxyl groups is 1. The van der Waals surface area contributed by atoms with Crippen LogP contribution >= 0.6 is 0 Å². The number of nitrogens with one attached hydrogen (secondary N) is 2. The zero-order valence-electron chi connectivity index (χ0n) is 12.2. The van der Waals surface area contributed by atoms with Crippen LogP contribution in [-0.2, 0) is 14.8 Å². The van der Waals surface area contributed by atoms with Crippen LogP contribution in [-0.4, -0.2) is 48.7 Å². The average molecular weight is 347 g/mol. The highest BCUT2D eigenvalue weighted by Gasteiger charge is 2.21. The summed E-state index contributed by atoms with van der Waals surface area (Å²) in [5.41, 5.74) is -0.396. The maximum absolute atomic E-state index is 12.0. The molecule has 0 amide bonds. The van der Waals surface area contributed by atoms with Crippen LogP contribution in [0.15, 0.2) is 23.1 Å². The summed E-state index contributed by atoms with van der Waals surface area (Å²) < 4.78 is 26.0. The topological polar surface area (TPSA) is 159 Å². The molecule has 0 fully saturated rings. The number of nitro benzene ring substituents is 1. The minimum absolute atomic E-state index is 0.0593. The fourth-order valence-electron chi connectivity index (χ4n) is 1.61. The Hall–Kier alpha value is -2.24. The smallest absolute Gasteiger partial charge is 0.304 e. The van der Waals surface area contributed by atoms with Crippen LogP contribution in [0.4, 0.5) is 11.4 Å². The normalized spacial score (nSPS) is 12.6. The highest BCUT2D eigenvalue weighted by atomic mass is 32.2. The van der Waals surface area contributed by atoms with E-state index >= 15 is 0 Å². The molecular weight excluding hydrogens is 330 g/mol. The molecule has 4 N–H and O–H groups in total. The summed E-state index contributed by atoms with van der Waals surface area (Å²) in [6.07, 6.45) is -1.15. The van der Waals surface area contributed by atoms with Gasteiger partial charge in [0.2, 0.25) is 10.0 Å². The molecule has 0 heterocycles. The van der Waals surface area contributed by atoms with Crippen molar-refractivity contribution in [3.63, 3.8) is 0 Å². The molecule has 0 radical (unpaired) electrons. The molecular formula is C12H17N3O7S. The number of hydrogen-bond acceptors (Lipinski definition) is 7. The molecule has 1 aromatic rings. The highest BCUT2D eigenvalue weighted by molar-refractivity contribution is 7.89. The number of aliphatic carboxylic acids is 1. The van der Waals surface area contributed by atoms with Gasteiger partial charge in [-0.2, -0.15) is 0 Å². The molecule has 0 aliphatic carbocycles. The zero-order chi connectivity index (χ0) is 17.6. The third-order valence-corrected chi connectivity index (χ3v) is 4.15. The first-order valence-electron chi connectivity index (χ1n) is 6.55. The van der Waals surface area contributed by atoms with Crippen molar-refractivity contribution in [1.29, 1.82) is 0 Å². The van der Waals surface area contributed by atoms with E-state index in [1.807, 2.05) is 0 Å². The lowest BCUT2D eigenvalue weighted by molar-refractivity contribution is -0.384. The number of rotatable bonds is 9. The molecule has 0 bridgehead atoms. The van der Waals surface area contributed by atoms with E-state index in [1.54, 1.807) is 0 Å². The van der Waals surface area contributed by atoms with Crippen molar-refractivity contribution >= 4 is 27.4 Å². The molecule has 10 nitrogen and oxygen atoms in total. The molecule has 0 saturated carbocycles. The van der Waals surface area contributed by atoms with Gasteiger partial charge in [0.05, 0.1) is 22.3 Å². The van der Waals surface area contributed by atoms with Gasteiger partial charge in [0.25, 0.3) is 5.69 Å². The molecule has 1 atom stereocenters. The molecule has 0 aliphatic heterocycles. The largest absolute Gasteiger partial charge is 0.481 e. The van der Waals surface area contributed by atoms with E-state index in [0.717, 1.165) is 12.1 Å². The van der Waals surface area contributed by atoms with Gasteiger partial charge < -0.3 is 15.5 Å². The van der Waals surface area contributed by atoms with Crippen molar-refractivity contribution < 1.29 is 28.3 Å². The fourth-order valence-corrected chi connectivity index (χ4v) is 2.66. The number of anilines is 1. The van der Waals surface area contributed by atoms with Crippen molar-refractivity contribution in [3.05, 3.63) is 28.3 Å². The number of benzene rings is 1. The number of aliphatic hydroxyl groups excluding tert-OH is 1. The van der Waals surface area contributed by atoms with Gasteiger partial charge >= 0.3 is 5.97 Å². The van der Waals surface area contributed by atoms with Crippen molar-refractivity contribution in [2.24, 2.45) is 0 Å². The Morgan fingerprint density at radius 2 is 2.09 bits per heavy atom. The summed E-state index contributed by atoms with van der Waals surface area (Å²) in [7, 11) is -4.05. The van der Waals surface area contributed by atoms with Crippen LogP contribution in [0.25, 0.3) is 0 Å². The minimum atomic E-state index is -4.05. The third-order valence-electron chi connectivity index (χ3n) is 2.70. The lowest BCUT2D eigenvalue weighted by Gasteiger charge is -2.11. The van der Waals surface area contributed by atoms with E-state index in [9.17, 15) is 28.4 Å². The van der Waals surface area contributed by atoms with Gasteiger partial charge in [-0.05, 0) is 19.1 Å². The number of carboxylic acids is 1. The van der Waals surface area contributed by atoms with Crippen molar-refractivity contribution in [2.45, 2.75) is 24.3 Å². The maximum Gasteiger partial charge on any atom is 0.304 e. The molecule has 23 heavy (non-hydrogen) atoms. The Balaban J connectivity index is 3.02. The second-order valence-corrected chi connectivity index (χ2v) is 6.47. The van der Waals surface area contributed by atoms with Crippen LogP contribution in [0.3, 0.4) is 0 Å². The van der Waals surface area contributed by atoms with Gasteiger partial charge in [0.1, 0.15) is 5.69 Å². The first-order chi connectivity index (χ1) is 10.6. The number of sulfonamides is 1. The number of nitro groups is 1. The van der Waals surface area contributed by atoms with Crippen LogP contribution < -0.4 is 10.0 Å². The van der Waals surface area contributed by atoms with E-state index in [4.69, 9.17) is 5.11 Å². The van der Waals surface area contributed by atoms with E-state index in [0.29, 0.717) is 0 Å². The van der Waals surface area contributed by atoms with Crippen molar-refractivity contribution in [3.8, 4) is 0 Å². The van der Waals surface area contributed by atoms with Gasteiger partial charge in [-0.15, -0.1) is 0 Å². The summed E-state index contributed by atoms with van der Waals surface area (Å²) in [6.45, 7) is 1.22. The van der Waals surface area contributed by atoms with E-state index in [-0.39, 0.29) is 23.7 Å².